The van der Waals surface area contributed by atoms with Gasteiger partial charge in [0, 0.05) is 27.8 Å². The van der Waals surface area contributed by atoms with Gasteiger partial charge in [0.25, 0.3) is 5.91 Å². The number of hydrogen-bond donors (Lipinski definition) is 4. The van der Waals surface area contributed by atoms with Gasteiger partial charge in [-0.15, -0.1) is 11.3 Å². The lowest BCUT2D eigenvalue weighted by Crippen LogP contribution is -2.42. The van der Waals surface area contributed by atoms with E-state index in [0.717, 1.165) is 4.88 Å². The first-order valence-electron chi connectivity index (χ1n) is 9.51. The number of rotatable bonds is 8. The van der Waals surface area contributed by atoms with Gasteiger partial charge in [-0.3, -0.25) is 14.9 Å². The molecule has 0 saturated heterocycles. The second kappa shape index (κ2) is 11.1. The van der Waals surface area contributed by atoms with Crippen molar-refractivity contribution < 1.29 is 14.4 Å². The maximum atomic E-state index is 12.6. The van der Waals surface area contributed by atoms with Crippen molar-refractivity contribution in [1.82, 2.24) is 10.6 Å². The second-order valence-electron chi connectivity index (χ2n) is 6.49. The Kier molecular flexibility index (Phi) is 8.03. The first-order chi connectivity index (χ1) is 15.0. The lowest BCUT2D eigenvalue weighted by molar-refractivity contribution is -0.118. The fourth-order valence-electron chi connectivity index (χ4n) is 2.71. The molecule has 0 fully saturated rings. The standard InChI is InChI=1S/C22H21ClN4O3S/c23-15-7-9-16(10-8-15)26-21(29)18-5-1-2-6-19(18)25-14-20(28)27-22(30)24-12-11-17-4-3-13-31-17/h1-10,13,25H,11-12,14H2,(H,26,29)(H2,24,27,28,30). The van der Waals surface area contributed by atoms with Crippen molar-refractivity contribution >= 4 is 52.2 Å². The molecule has 0 aliphatic heterocycles. The van der Waals surface area contributed by atoms with Gasteiger partial charge in [0.05, 0.1) is 12.1 Å². The van der Waals surface area contributed by atoms with Crippen LogP contribution in [0.4, 0.5) is 16.2 Å². The maximum Gasteiger partial charge on any atom is 0.321 e. The van der Waals surface area contributed by atoms with E-state index in [1.165, 1.54) is 0 Å². The van der Waals surface area contributed by atoms with Crippen molar-refractivity contribution in [3.63, 3.8) is 0 Å². The van der Waals surface area contributed by atoms with Crippen LogP contribution < -0.4 is 21.3 Å². The molecular weight excluding hydrogens is 436 g/mol. The molecule has 3 rings (SSSR count). The van der Waals surface area contributed by atoms with E-state index in [0.29, 0.717) is 34.9 Å². The summed E-state index contributed by atoms with van der Waals surface area (Å²) in [5.74, 6) is -0.848. The van der Waals surface area contributed by atoms with Crippen LogP contribution >= 0.6 is 22.9 Å². The predicted molar refractivity (Wildman–Crippen MR) is 124 cm³/mol. The van der Waals surface area contributed by atoms with Crippen LogP contribution in [0.2, 0.25) is 5.02 Å². The SMILES string of the molecule is O=C(CNc1ccccc1C(=O)Nc1ccc(Cl)cc1)NC(=O)NCCc1cccs1. The molecule has 31 heavy (non-hydrogen) atoms. The van der Waals surface area contributed by atoms with Crippen LogP contribution in [0.25, 0.3) is 0 Å². The minimum absolute atomic E-state index is 0.163. The number of nitrogens with one attached hydrogen (secondary N) is 4. The molecule has 0 spiro atoms. The first-order valence-corrected chi connectivity index (χ1v) is 10.8. The highest BCUT2D eigenvalue weighted by molar-refractivity contribution is 7.09. The van der Waals surface area contributed by atoms with Crippen LogP contribution in [0, 0.1) is 0 Å². The zero-order valence-electron chi connectivity index (χ0n) is 16.5. The Morgan fingerprint density at radius 2 is 1.71 bits per heavy atom. The van der Waals surface area contributed by atoms with Crippen LogP contribution in [0.15, 0.2) is 66.0 Å². The Hall–Kier alpha value is -3.36. The summed E-state index contributed by atoms with van der Waals surface area (Å²) in [5, 5.41) is 13.1. The van der Waals surface area contributed by atoms with E-state index in [4.69, 9.17) is 11.6 Å². The van der Waals surface area contributed by atoms with Crippen molar-refractivity contribution in [2.45, 2.75) is 6.42 Å². The third-order valence-corrected chi connectivity index (χ3v) is 5.39. The number of urea groups is 1. The van der Waals surface area contributed by atoms with E-state index < -0.39 is 11.9 Å². The summed E-state index contributed by atoms with van der Waals surface area (Å²) in [7, 11) is 0. The Labute approximate surface area is 188 Å². The Morgan fingerprint density at radius 1 is 0.935 bits per heavy atom. The molecule has 0 atom stereocenters. The molecule has 0 aliphatic rings. The van der Waals surface area contributed by atoms with Crippen molar-refractivity contribution in [2.24, 2.45) is 0 Å². The highest BCUT2D eigenvalue weighted by Crippen LogP contribution is 2.18. The summed E-state index contributed by atoms with van der Waals surface area (Å²) in [4.78, 5) is 37.7. The van der Waals surface area contributed by atoms with Crippen LogP contribution in [-0.2, 0) is 11.2 Å². The Balaban J connectivity index is 1.48. The number of para-hydroxylation sites is 1. The van der Waals surface area contributed by atoms with Gasteiger partial charge in [-0.25, -0.2) is 4.79 Å². The molecule has 0 saturated carbocycles. The molecule has 1 aromatic heterocycles. The lowest BCUT2D eigenvalue weighted by atomic mass is 10.1. The topological polar surface area (TPSA) is 99.3 Å². The van der Waals surface area contributed by atoms with Crippen LogP contribution in [0.3, 0.4) is 0 Å². The zero-order valence-corrected chi connectivity index (χ0v) is 18.1. The van der Waals surface area contributed by atoms with E-state index in [1.54, 1.807) is 59.9 Å². The third-order valence-electron chi connectivity index (χ3n) is 4.20. The third kappa shape index (κ3) is 7.13. The summed E-state index contributed by atoms with van der Waals surface area (Å²) < 4.78 is 0. The van der Waals surface area contributed by atoms with E-state index in [2.05, 4.69) is 21.3 Å². The van der Waals surface area contributed by atoms with Gasteiger partial charge in [0.1, 0.15) is 0 Å². The molecular formula is C22H21ClN4O3S. The number of amides is 4. The molecule has 0 aliphatic carbocycles. The average Bonchev–Trinajstić information content (AvgIpc) is 3.27. The van der Waals surface area contributed by atoms with Gasteiger partial charge in [-0.05, 0) is 54.3 Å². The van der Waals surface area contributed by atoms with Crippen molar-refractivity contribution in [1.29, 1.82) is 0 Å². The number of benzene rings is 2. The number of carbonyl (C=O) groups excluding carboxylic acids is 3. The summed E-state index contributed by atoms with van der Waals surface area (Å²) in [6.45, 7) is 0.268. The fourth-order valence-corrected chi connectivity index (χ4v) is 3.55. The van der Waals surface area contributed by atoms with E-state index >= 15 is 0 Å². The summed E-state index contributed by atoms with van der Waals surface area (Å²) in [6, 6.07) is 16.9. The molecule has 7 nitrogen and oxygen atoms in total. The number of thiophene rings is 1. The van der Waals surface area contributed by atoms with E-state index in [1.807, 2.05) is 17.5 Å². The van der Waals surface area contributed by atoms with Gasteiger partial charge in [0.2, 0.25) is 5.91 Å². The van der Waals surface area contributed by atoms with Crippen molar-refractivity contribution in [3.8, 4) is 0 Å². The Morgan fingerprint density at radius 3 is 2.45 bits per heavy atom. The van der Waals surface area contributed by atoms with Gasteiger partial charge in [-0.1, -0.05) is 29.8 Å². The first kappa shape index (κ1) is 22.3. The molecule has 0 bridgehead atoms. The number of hydrogen-bond acceptors (Lipinski definition) is 5. The largest absolute Gasteiger partial charge is 0.375 e. The van der Waals surface area contributed by atoms with Gasteiger partial charge >= 0.3 is 6.03 Å². The molecule has 0 unspecified atom stereocenters. The van der Waals surface area contributed by atoms with Crippen LogP contribution in [0.1, 0.15) is 15.2 Å². The number of carbonyl (C=O) groups is 3. The maximum absolute atomic E-state index is 12.6. The van der Waals surface area contributed by atoms with E-state index in [9.17, 15) is 14.4 Å². The van der Waals surface area contributed by atoms with Crippen molar-refractivity contribution in [2.75, 3.05) is 23.7 Å². The number of imide groups is 1. The smallest absolute Gasteiger partial charge is 0.321 e. The highest BCUT2D eigenvalue weighted by atomic mass is 35.5. The summed E-state index contributed by atoms with van der Waals surface area (Å²) in [6.07, 6.45) is 0.702. The minimum Gasteiger partial charge on any atom is -0.375 e. The van der Waals surface area contributed by atoms with Gasteiger partial charge in [0.15, 0.2) is 0 Å². The summed E-state index contributed by atoms with van der Waals surface area (Å²) >= 11 is 7.47. The lowest BCUT2D eigenvalue weighted by Gasteiger charge is -2.12. The summed E-state index contributed by atoms with van der Waals surface area (Å²) in [5.41, 5.74) is 1.44. The zero-order chi connectivity index (χ0) is 22.1. The normalized spacial score (nSPS) is 10.2. The minimum atomic E-state index is -0.558. The molecule has 4 amide bonds. The molecule has 0 radical (unpaired) electrons. The number of halogens is 1. The second-order valence-corrected chi connectivity index (χ2v) is 7.96. The molecule has 1 heterocycles. The quantitative estimate of drug-likeness (QED) is 0.409. The van der Waals surface area contributed by atoms with Crippen LogP contribution in [-0.4, -0.2) is 30.9 Å². The monoisotopic (exact) mass is 456 g/mol. The van der Waals surface area contributed by atoms with Crippen molar-refractivity contribution in [3.05, 3.63) is 81.5 Å². The fraction of sp³-hybridized carbons (Fsp3) is 0.136. The van der Waals surface area contributed by atoms with Gasteiger partial charge < -0.3 is 16.0 Å². The van der Waals surface area contributed by atoms with Crippen LogP contribution in [0.5, 0.6) is 0 Å². The highest BCUT2D eigenvalue weighted by Gasteiger charge is 2.13. The molecule has 2 aromatic carbocycles. The Bertz CT molecular complexity index is 1040. The molecule has 4 N–H and O–H groups in total. The molecule has 9 heteroatoms. The van der Waals surface area contributed by atoms with E-state index in [-0.39, 0.29) is 12.5 Å². The average molecular weight is 457 g/mol. The number of anilines is 2. The molecule has 160 valence electrons. The molecule has 3 aromatic rings. The van der Waals surface area contributed by atoms with Gasteiger partial charge in [-0.2, -0.15) is 0 Å². The predicted octanol–water partition coefficient (Wildman–Crippen LogP) is 4.13.